The van der Waals surface area contributed by atoms with Crippen LogP contribution in [-0.2, 0) is 10.8 Å². The van der Waals surface area contributed by atoms with Crippen molar-refractivity contribution in [1.29, 1.82) is 0 Å². The zero-order valence-corrected chi connectivity index (χ0v) is 19.1. The molecule has 0 unspecified atom stereocenters. The zero-order valence-electron chi connectivity index (χ0n) is 17.5. The van der Waals surface area contributed by atoms with Gasteiger partial charge in [0.15, 0.2) is 0 Å². The molecule has 0 aliphatic heterocycles. The normalized spacial score (nSPS) is 12.8. The van der Waals surface area contributed by atoms with E-state index in [0.717, 1.165) is 10.3 Å². The van der Waals surface area contributed by atoms with E-state index in [4.69, 9.17) is 4.98 Å². The molecule has 0 saturated heterocycles. The lowest BCUT2D eigenvalue weighted by molar-refractivity contribution is 0.588. The summed E-state index contributed by atoms with van der Waals surface area (Å²) in [5.41, 5.74) is 5.19. The fourth-order valence-corrected chi connectivity index (χ4v) is 4.06. The van der Waals surface area contributed by atoms with Crippen LogP contribution in [0.2, 0.25) is 0 Å². The maximum absolute atomic E-state index is 4.74. The second-order valence-corrected chi connectivity index (χ2v) is 10.5. The number of fused-ring (bicyclic) bond motifs is 3. The highest BCUT2D eigenvalue weighted by Crippen LogP contribution is 2.36. The van der Waals surface area contributed by atoms with Gasteiger partial charge >= 0.3 is 0 Å². The van der Waals surface area contributed by atoms with Gasteiger partial charge in [-0.2, -0.15) is 0 Å². The summed E-state index contributed by atoms with van der Waals surface area (Å²) in [6.45, 7) is 13.5. The fourth-order valence-electron chi connectivity index (χ4n) is 3.71. The first-order chi connectivity index (χ1) is 13.1. The van der Waals surface area contributed by atoms with E-state index in [2.05, 4.69) is 111 Å². The summed E-state index contributed by atoms with van der Waals surface area (Å²) in [5, 5.41) is 2.53. The fraction of sp³-hybridized carbons (Fsp3) is 0.320. The summed E-state index contributed by atoms with van der Waals surface area (Å²) in [6.07, 6.45) is 1.93. The Morgan fingerprint density at radius 1 is 0.714 bits per heavy atom. The number of benzene rings is 2. The molecule has 3 heteroatoms. The zero-order chi connectivity index (χ0) is 20.3. The number of rotatable bonds is 1. The highest BCUT2D eigenvalue weighted by molar-refractivity contribution is 9.10. The quantitative estimate of drug-likeness (QED) is 0.302. The number of halogens is 1. The van der Waals surface area contributed by atoms with Crippen molar-refractivity contribution >= 4 is 37.7 Å². The predicted octanol–water partition coefficient (Wildman–Crippen LogP) is 7.54. The number of pyridine rings is 1. The number of hydrogen-bond donors (Lipinski definition) is 0. The first-order valence-electron chi connectivity index (χ1n) is 9.77. The van der Waals surface area contributed by atoms with Crippen LogP contribution in [0, 0.1) is 0 Å². The Kier molecular flexibility index (Phi) is 4.42. The molecule has 2 heterocycles. The smallest absolute Gasteiger partial charge is 0.137 e. The third kappa shape index (κ3) is 3.26. The summed E-state index contributed by atoms with van der Waals surface area (Å²) >= 11 is 3.66. The molecule has 2 aromatic carbocycles. The third-order valence-corrected chi connectivity index (χ3v) is 5.93. The Balaban J connectivity index is 2.09. The summed E-state index contributed by atoms with van der Waals surface area (Å²) < 4.78 is 3.36. The summed E-state index contributed by atoms with van der Waals surface area (Å²) in [7, 11) is 0. The molecular formula is C25H27BrN2. The van der Waals surface area contributed by atoms with Crippen molar-refractivity contribution in [2.45, 2.75) is 52.4 Å². The molecule has 2 aromatic heterocycles. The second-order valence-electron chi connectivity index (χ2n) is 9.63. The van der Waals surface area contributed by atoms with Gasteiger partial charge < -0.3 is 0 Å². The molecule has 28 heavy (non-hydrogen) atoms. The van der Waals surface area contributed by atoms with E-state index in [9.17, 15) is 0 Å². The van der Waals surface area contributed by atoms with E-state index in [1.165, 1.54) is 32.9 Å². The van der Waals surface area contributed by atoms with Crippen molar-refractivity contribution in [2.24, 2.45) is 0 Å². The Labute approximate surface area is 175 Å². The third-order valence-electron chi connectivity index (χ3n) is 5.43. The molecule has 0 atom stereocenters. The highest BCUT2D eigenvalue weighted by Gasteiger charge is 2.20. The van der Waals surface area contributed by atoms with Gasteiger partial charge in [0, 0.05) is 21.4 Å². The average Bonchev–Trinajstić information content (AvgIpc) is 2.93. The standard InChI is InChI=1S/C25H27BrN2/c1-24(2,3)16-7-10-21-20(13-16)19-9-8-18(26)15-22(19)28(21)23-14-17(11-12-27-23)25(4,5)6/h7-15H,1-6H3. The lowest BCUT2D eigenvalue weighted by atomic mass is 9.86. The Bertz CT molecular complexity index is 1190. The minimum absolute atomic E-state index is 0.0798. The predicted molar refractivity (Wildman–Crippen MR) is 124 cm³/mol. The van der Waals surface area contributed by atoms with Crippen LogP contribution in [0.4, 0.5) is 0 Å². The van der Waals surface area contributed by atoms with Crippen LogP contribution in [0.1, 0.15) is 52.7 Å². The minimum Gasteiger partial charge on any atom is -0.294 e. The summed E-state index contributed by atoms with van der Waals surface area (Å²) in [6, 6.07) is 17.7. The van der Waals surface area contributed by atoms with E-state index in [1.807, 2.05) is 6.20 Å². The van der Waals surface area contributed by atoms with Crippen molar-refractivity contribution in [2.75, 3.05) is 0 Å². The maximum atomic E-state index is 4.74. The second kappa shape index (κ2) is 6.45. The topological polar surface area (TPSA) is 17.8 Å². The van der Waals surface area contributed by atoms with Gasteiger partial charge in [-0.3, -0.25) is 4.57 Å². The molecule has 0 N–H and O–H groups in total. The molecular weight excluding hydrogens is 408 g/mol. The summed E-state index contributed by atoms with van der Waals surface area (Å²) in [5.74, 6) is 0.967. The molecule has 0 bridgehead atoms. The molecule has 0 fully saturated rings. The van der Waals surface area contributed by atoms with Crippen molar-refractivity contribution in [3.8, 4) is 5.82 Å². The van der Waals surface area contributed by atoms with Gasteiger partial charge in [0.05, 0.1) is 11.0 Å². The van der Waals surface area contributed by atoms with Crippen molar-refractivity contribution in [3.05, 3.63) is 70.3 Å². The van der Waals surface area contributed by atoms with Crippen LogP contribution in [0.3, 0.4) is 0 Å². The first-order valence-corrected chi connectivity index (χ1v) is 10.6. The van der Waals surface area contributed by atoms with Crippen LogP contribution in [-0.4, -0.2) is 9.55 Å². The van der Waals surface area contributed by atoms with Crippen molar-refractivity contribution in [1.82, 2.24) is 9.55 Å². The van der Waals surface area contributed by atoms with Gasteiger partial charge in [-0.1, -0.05) is 69.6 Å². The molecule has 0 aliphatic carbocycles. The highest BCUT2D eigenvalue weighted by atomic mass is 79.9. The molecule has 0 radical (unpaired) electrons. The Morgan fingerprint density at radius 2 is 1.39 bits per heavy atom. The molecule has 0 amide bonds. The Hall–Kier alpha value is -2.13. The van der Waals surface area contributed by atoms with E-state index >= 15 is 0 Å². The molecule has 2 nitrogen and oxygen atoms in total. The number of nitrogens with zero attached hydrogens (tertiary/aromatic N) is 2. The maximum Gasteiger partial charge on any atom is 0.137 e. The molecule has 0 spiro atoms. The van der Waals surface area contributed by atoms with E-state index in [-0.39, 0.29) is 10.8 Å². The van der Waals surface area contributed by atoms with Crippen LogP contribution in [0.25, 0.3) is 27.6 Å². The monoisotopic (exact) mass is 434 g/mol. The summed E-state index contributed by atoms with van der Waals surface area (Å²) in [4.78, 5) is 4.74. The van der Waals surface area contributed by atoms with Gasteiger partial charge in [-0.15, -0.1) is 0 Å². The van der Waals surface area contributed by atoms with Crippen molar-refractivity contribution in [3.63, 3.8) is 0 Å². The Morgan fingerprint density at radius 3 is 2.07 bits per heavy atom. The molecule has 4 aromatic rings. The van der Waals surface area contributed by atoms with Gasteiger partial charge in [0.1, 0.15) is 5.82 Å². The van der Waals surface area contributed by atoms with Crippen LogP contribution in [0.5, 0.6) is 0 Å². The van der Waals surface area contributed by atoms with Crippen LogP contribution < -0.4 is 0 Å². The number of hydrogen-bond acceptors (Lipinski definition) is 1. The molecule has 0 saturated carbocycles. The van der Waals surface area contributed by atoms with Crippen LogP contribution >= 0.6 is 15.9 Å². The van der Waals surface area contributed by atoms with Crippen molar-refractivity contribution < 1.29 is 0 Å². The molecule has 0 aliphatic rings. The van der Waals surface area contributed by atoms with Crippen LogP contribution in [0.15, 0.2) is 59.2 Å². The van der Waals surface area contributed by atoms with Gasteiger partial charge in [0.25, 0.3) is 0 Å². The molecule has 144 valence electrons. The largest absolute Gasteiger partial charge is 0.294 e. The number of aromatic nitrogens is 2. The lowest BCUT2D eigenvalue weighted by Gasteiger charge is -2.20. The van der Waals surface area contributed by atoms with Gasteiger partial charge in [-0.25, -0.2) is 4.98 Å². The SMILES string of the molecule is CC(C)(C)c1ccnc(-n2c3ccc(C(C)(C)C)cc3c3ccc(Br)cc32)c1. The van der Waals surface area contributed by atoms with E-state index in [1.54, 1.807) is 0 Å². The average molecular weight is 435 g/mol. The molecule has 4 rings (SSSR count). The van der Waals surface area contributed by atoms with Gasteiger partial charge in [0.2, 0.25) is 0 Å². The lowest BCUT2D eigenvalue weighted by Crippen LogP contribution is -2.12. The van der Waals surface area contributed by atoms with E-state index in [0.29, 0.717) is 0 Å². The minimum atomic E-state index is 0.0798. The first kappa shape index (κ1) is 19.2. The van der Waals surface area contributed by atoms with Gasteiger partial charge in [-0.05, 0) is 58.4 Å². The van der Waals surface area contributed by atoms with E-state index < -0.39 is 0 Å².